The topological polar surface area (TPSA) is 44.9 Å². The van der Waals surface area contributed by atoms with E-state index in [1.54, 1.807) is 47.2 Å². The van der Waals surface area contributed by atoms with Gasteiger partial charge in [-0.05, 0) is 42.7 Å². The molecule has 0 bridgehead atoms. The van der Waals surface area contributed by atoms with Crippen LogP contribution in [-0.4, -0.2) is 32.7 Å². The zero-order valence-corrected chi connectivity index (χ0v) is 16.0. The van der Waals surface area contributed by atoms with Gasteiger partial charge in [-0.25, -0.2) is 18.4 Å². The lowest BCUT2D eigenvalue weighted by Crippen LogP contribution is -2.02. The van der Waals surface area contributed by atoms with Gasteiger partial charge in [-0.1, -0.05) is 0 Å². The predicted molar refractivity (Wildman–Crippen MR) is 104 cm³/mol. The van der Waals surface area contributed by atoms with Crippen LogP contribution in [0.3, 0.4) is 0 Å². The van der Waals surface area contributed by atoms with E-state index in [9.17, 15) is 8.78 Å². The normalized spacial score (nSPS) is 11.0. The Hall–Kier alpha value is -3.13. The summed E-state index contributed by atoms with van der Waals surface area (Å²) in [6.45, 7) is 0. The van der Waals surface area contributed by atoms with Gasteiger partial charge in [0.2, 0.25) is 0 Å². The van der Waals surface area contributed by atoms with E-state index in [0.29, 0.717) is 22.2 Å². The number of aromatic nitrogens is 4. The van der Waals surface area contributed by atoms with Crippen molar-refractivity contribution in [2.75, 3.05) is 13.4 Å². The van der Waals surface area contributed by atoms with Crippen LogP contribution in [0.15, 0.2) is 66.2 Å². The summed E-state index contributed by atoms with van der Waals surface area (Å²) in [6.07, 6.45) is 6.92. The Bertz CT molecular complexity index is 1110. The fourth-order valence-electron chi connectivity index (χ4n) is 2.98. The van der Waals surface area contributed by atoms with Gasteiger partial charge in [-0.2, -0.15) is 5.10 Å². The van der Waals surface area contributed by atoms with Crippen LogP contribution < -0.4 is 4.74 Å². The molecule has 0 saturated heterocycles. The minimum absolute atomic E-state index is 0.244. The zero-order chi connectivity index (χ0) is 19.7. The molecule has 28 heavy (non-hydrogen) atoms. The Kier molecular flexibility index (Phi) is 4.87. The van der Waals surface area contributed by atoms with Crippen LogP contribution in [0.25, 0.3) is 22.6 Å². The van der Waals surface area contributed by atoms with E-state index < -0.39 is 11.6 Å². The second-order valence-electron chi connectivity index (χ2n) is 5.91. The third kappa shape index (κ3) is 3.16. The highest BCUT2D eigenvalue weighted by Crippen LogP contribution is 2.37. The monoisotopic (exact) mass is 398 g/mol. The minimum atomic E-state index is -0.663. The van der Waals surface area contributed by atoms with Crippen LogP contribution in [0.4, 0.5) is 8.78 Å². The van der Waals surface area contributed by atoms with Gasteiger partial charge in [-0.3, -0.25) is 0 Å². The number of hydrogen-bond donors (Lipinski definition) is 0. The molecule has 4 aromatic rings. The largest absolute Gasteiger partial charge is 0.497 e. The molecule has 0 radical (unpaired) electrons. The lowest BCUT2D eigenvalue weighted by molar-refractivity contribution is 0.414. The average Bonchev–Trinajstić information content (AvgIpc) is 3.35. The molecule has 0 aliphatic rings. The Morgan fingerprint density at radius 3 is 2.46 bits per heavy atom. The molecule has 0 N–H and O–H groups in total. The molecule has 2 aromatic carbocycles. The second-order valence-corrected chi connectivity index (χ2v) is 6.71. The number of methoxy groups -OCH3 is 1. The van der Waals surface area contributed by atoms with E-state index in [4.69, 9.17) is 4.74 Å². The standard InChI is InChI=1S/C20H16F2N4OS/c1-27-15-6-4-14(5-7-15)26-18(16-8-3-13(21)11-17(16)22)19(20(24-26)28-2)25-10-9-23-12-25/h3-12H,1-2H3. The van der Waals surface area contributed by atoms with Gasteiger partial charge in [0, 0.05) is 24.0 Å². The first-order valence-corrected chi connectivity index (χ1v) is 9.60. The summed E-state index contributed by atoms with van der Waals surface area (Å²) < 4.78 is 36.9. The molecule has 5 nitrogen and oxygen atoms in total. The molecule has 8 heteroatoms. The van der Waals surface area contributed by atoms with Crippen molar-refractivity contribution in [3.63, 3.8) is 0 Å². The van der Waals surface area contributed by atoms with Crippen molar-refractivity contribution in [1.29, 1.82) is 0 Å². The molecular weight excluding hydrogens is 382 g/mol. The highest BCUT2D eigenvalue weighted by atomic mass is 32.2. The summed E-state index contributed by atoms with van der Waals surface area (Å²) >= 11 is 1.43. The summed E-state index contributed by atoms with van der Waals surface area (Å²) in [4.78, 5) is 4.10. The first-order chi connectivity index (χ1) is 13.6. The fourth-order valence-corrected chi connectivity index (χ4v) is 3.54. The maximum atomic E-state index is 14.8. The van der Waals surface area contributed by atoms with Crippen LogP contribution in [0.2, 0.25) is 0 Å². The quantitative estimate of drug-likeness (QED) is 0.456. The lowest BCUT2D eigenvalue weighted by Gasteiger charge is -2.12. The highest BCUT2D eigenvalue weighted by Gasteiger charge is 2.24. The Labute approximate surface area is 164 Å². The maximum absolute atomic E-state index is 14.8. The molecule has 0 aliphatic carbocycles. The molecule has 142 valence electrons. The molecule has 0 aliphatic heterocycles. The van der Waals surface area contributed by atoms with Crippen LogP contribution >= 0.6 is 11.8 Å². The zero-order valence-electron chi connectivity index (χ0n) is 15.1. The van der Waals surface area contributed by atoms with Gasteiger partial charge in [-0.15, -0.1) is 11.8 Å². The molecule has 0 amide bonds. The Balaban J connectivity index is 2.02. The smallest absolute Gasteiger partial charge is 0.143 e. The van der Waals surface area contributed by atoms with E-state index in [1.165, 1.54) is 23.9 Å². The van der Waals surface area contributed by atoms with E-state index in [0.717, 1.165) is 11.8 Å². The number of halogens is 2. The number of hydrogen-bond acceptors (Lipinski definition) is 4. The SMILES string of the molecule is COc1ccc(-n2nc(SC)c(-n3ccnc3)c2-c2ccc(F)cc2F)cc1. The number of benzene rings is 2. The second kappa shape index (κ2) is 7.47. The van der Waals surface area contributed by atoms with Crippen molar-refractivity contribution in [1.82, 2.24) is 19.3 Å². The van der Waals surface area contributed by atoms with E-state index in [-0.39, 0.29) is 5.56 Å². The average molecular weight is 398 g/mol. The first-order valence-electron chi connectivity index (χ1n) is 8.37. The summed E-state index contributed by atoms with van der Waals surface area (Å²) in [7, 11) is 1.59. The van der Waals surface area contributed by atoms with Crippen molar-refractivity contribution < 1.29 is 13.5 Å². The van der Waals surface area contributed by atoms with Crippen molar-refractivity contribution in [2.45, 2.75) is 5.03 Å². The first kappa shape index (κ1) is 18.2. The van der Waals surface area contributed by atoms with Gasteiger partial charge in [0.1, 0.15) is 33.8 Å². The summed E-state index contributed by atoms with van der Waals surface area (Å²) in [5.41, 5.74) is 2.14. The van der Waals surface area contributed by atoms with Crippen molar-refractivity contribution in [3.05, 3.63) is 72.8 Å². The van der Waals surface area contributed by atoms with Crippen molar-refractivity contribution in [2.24, 2.45) is 0 Å². The molecule has 0 spiro atoms. The molecule has 2 aromatic heterocycles. The maximum Gasteiger partial charge on any atom is 0.143 e. The van der Waals surface area contributed by atoms with Gasteiger partial charge >= 0.3 is 0 Å². The molecule has 0 unspecified atom stereocenters. The Morgan fingerprint density at radius 1 is 1.07 bits per heavy atom. The molecule has 0 fully saturated rings. The van der Waals surface area contributed by atoms with Crippen LogP contribution in [0.5, 0.6) is 5.75 Å². The van der Waals surface area contributed by atoms with E-state index in [1.807, 2.05) is 18.4 Å². The number of imidazole rings is 1. The molecule has 0 saturated carbocycles. The molecular formula is C20H16F2N4OS. The van der Waals surface area contributed by atoms with E-state index >= 15 is 0 Å². The lowest BCUT2D eigenvalue weighted by atomic mass is 10.1. The molecule has 4 rings (SSSR count). The predicted octanol–water partition coefficient (Wildman–Crippen LogP) is 4.73. The van der Waals surface area contributed by atoms with Crippen LogP contribution in [0.1, 0.15) is 0 Å². The Morgan fingerprint density at radius 2 is 1.86 bits per heavy atom. The van der Waals surface area contributed by atoms with Crippen LogP contribution in [0, 0.1) is 11.6 Å². The van der Waals surface area contributed by atoms with Gasteiger partial charge < -0.3 is 9.30 Å². The highest BCUT2D eigenvalue weighted by molar-refractivity contribution is 7.98. The third-order valence-electron chi connectivity index (χ3n) is 4.29. The van der Waals surface area contributed by atoms with Crippen molar-refractivity contribution in [3.8, 4) is 28.4 Å². The van der Waals surface area contributed by atoms with Crippen LogP contribution in [-0.2, 0) is 0 Å². The number of thioether (sulfide) groups is 1. The van der Waals surface area contributed by atoms with E-state index in [2.05, 4.69) is 10.1 Å². The van der Waals surface area contributed by atoms with Gasteiger partial charge in [0.05, 0.1) is 19.1 Å². The number of ether oxygens (including phenoxy) is 1. The molecule has 2 heterocycles. The van der Waals surface area contributed by atoms with Crippen molar-refractivity contribution >= 4 is 11.8 Å². The molecule has 0 atom stereocenters. The fraction of sp³-hybridized carbons (Fsp3) is 0.100. The minimum Gasteiger partial charge on any atom is -0.497 e. The van der Waals surface area contributed by atoms with Gasteiger partial charge in [0.25, 0.3) is 0 Å². The third-order valence-corrected chi connectivity index (χ3v) is 4.95. The summed E-state index contributed by atoms with van der Waals surface area (Å²) in [5, 5.41) is 5.37. The number of nitrogens with zero attached hydrogens (tertiary/aromatic N) is 4. The summed E-state index contributed by atoms with van der Waals surface area (Å²) in [5.74, 6) is -0.597. The van der Waals surface area contributed by atoms with Gasteiger partial charge in [0.15, 0.2) is 0 Å². The summed E-state index contributed by atoms with van der Waals surface area (Å²) in [6, 6.07) is 10.8. The number of rotatable bonds is 5.